The molecule has 0 saturated carbocycles. The molecule has 2 aromatic carbocycles. The van der Waals surface area contributed by atoms with E-state index >= 15 is 0 Å². The number of hydrogen-bond donors (Lipinski definition) is 2. The first kappa shape index (κ1) is 23.6. The highest BCUT2D eigenvalue weighted by atomic mass is 35.5. The Morgan fingerprint density at radius 3 is 1.43 bits per heavy atom. The van der Waals surface area contributed by atoms with Crippen LogP contribution in [0, 0.1) is 0 Å². The van der Waals surface area contributed by atoms with Crippen molar-refractivity contribution in [3.05, 3.63) is 71.8 Å². The van der Waals surface area contributed by atoms with Crippen LogP contribution >= 0.6 is 12.4 Å². The van der Waals surface area contributed by atoms with Gasteiger partial charge in [0.2, 0.25) is 0 Å². The van der Waals surface area contributed by atoms with E-state index < -0.39 is 24.0 Å². The van der Waals surface area contributed by atoms with E-state index in [-0.39, 0.29) is 25.6 Å². The van der Waals surface area contributed by atoms with Crippen molar-refractivity contribution in [3.63, 3.8) is 0 Å². The Bertz CT molecular complexity index is 651. The van der Waals surface area contributed by atoms with Crippen LogP contribution in [0.15, 0.2) is 60.7 Å². The molecule has 2 unspecified atom stereocenters. The SMILES string of the molecule is Cl.NC(CCCC(N)C(=O)OCc1ccccc1)C(=O)OCc1ccccc1. The van der Waals surface area contributed by atoms with Gasteiger partial charge in [-0.2, -0.15) is 0 Å². The van der Waals surface area contributed by atoms with Crippen LogP contribution in [0.2, 0.25) is 0 Å². The van der Waals surface area contributed by atoms with Crippen molar-refractivity contribution in [3.8, 4) is 0 Å². The highest BCUT2D eigenvalue weighted by Gasteiger charge is 2.18. The Kier molecular flexibility index (Phi) is 10.9. The monoisotopic (exact) mass is 406 g/mol. The van der Waals surface area contributed by atoms with Crippen molar-refractivity contribution in [2.24, 2.45) is 11.5 Å². The highest BCUT2D eigenvalue weighted by molar-refractivity contribution is 5.85. The molecule has 0 aliphatic carbocycles. The lowest BCUT2D eigenvalue weighted by Crippen LogP contribution is -2.35. The predicted molar refractivity (Wildman–Crippen MR) is 110 cm³/mol. The van der Waals surface area contributed by atoms with E-state index in [1.54, 1.807) is 0 Å². The Morgan fingerprint density at radius 2 is 1.07 bits per heavy atom. The summed E-state index contributed by atoms with van der Waals surface area (Å²) >= 11 is 0. The van der Waals surface area contributed by atoms with Gasteiger partial charge in [-0.3, -0.25) is 9.59 Å². The highest BCUT2D eigenvalue weighted by Crippen LogP contribution is 2.08. The Labute approximate surface area is 171 Å². The fraction of sp³-hybridized carbons (Fsp3) is 0.333. The summed E-state index contributed by atoms with van der Waals surface area (Å²) in [5.74, 6) is -0.918. The molecule has 28 heavy (non-hydrogen) atoms. The first-order valence-electron chi connectivity index (χ1n) is 8.98. The van der Waals surface area contributed by atoms with Crippen LogP contribution in [-0.2, 0) is 32.3 Å². The summed E-state index contributed by atoms with van der Waals surface area (Å²) in [6.45, 7) is 0.386. The van der Waals surface area contributed by atoms with Crippen LogP contribution in [0.25, 0.3) is 0 Å². The van der Waals surface area contributed by atoms with Gasteiger partial charge in [0.1, 0.15) is 25.3 Å². The molecular formula is C21H27ClN2O4. The Hall–Kier alpha value is -2.41. The number of carbonyl (C=O) groups is 2. The number of ether oxygens (including phenoxy) is 2. The van der Waals surface area contributed by atoms with Gasteiger partial charge in [0, 0.05) is 0 Å². The number of esters is 2. The lowest BCUT2D eigenvalue weighted by molar-refractivity contribution is -0.146. The average Bonchev–Trinajstić information content (AvgIpc) is 2.71. The molecule has 0 amide bonds. The largest absolute Gasteiger partial charge is 0.460 e. The molecule has 6 nitrogen and oxygen atoms in total. The third-order valence-electron chi connectivity index (χ3n) is 4.08. The summed E-state index contributed by atoms with van der Waals surface area (Å²) in [4.78, 5) is 23.8. The summed E-state index contributed by atoms with van der Waals surface area (Å²) in [6, 6.07) is 17.3. The van der Waals surface area contributed by atoms with E-state index in [1.165, 1.54) is 0 Å². The molecule has 4 N–H and O–H groups in total. The molecule has 0 aliphatic rings. The quantitative estimate of drug-likeness (QED) is 0.588. The van der Waals surface area contributed by atoms with Crippen LogP contribution in [-0.4, -0.2) is 24.0 Å². The normalized spacial score (nSPS) is 12.4. The number of halogens is 1. The standard InChI is InChI=1S/C21H26N2O4.ClH/c22-18(20(24)26-14-16-8-3-1-4-9-16)12-7-13-19(23)21(25)27-15-17-10-5-2-6-11-17;/h1-6,8-11,18-19H,7,12-15,22-23H2;1H. The molecule has 0 radical (unpaired) electrons. The first-order chi connectivity index (χ1) is 13.1. The molecule has 0 aromatic heterocycles. The van der Waals surface area contributed by atoms with E-state index in [0.29, 0.717) is 19.3 Å². The zero-order valence-corrected chi connectivity index (χ0v) is 16.5. The molecule has 0 saturated heterocycles. The van der Waals surface area contributed by atoms with Crippen LogP contribution in [0.5, 0.6) is 0 Å². The predicted octanol–water partition coefficient (Wildman–Crippen LogP) is 2.72. The van der Waals surface area contributed by atoms with Crippen molar-refractivity contribution >= 4 is 24.3 Å². The molecule has 0 fully saturated rings. The van der Waals surface area contributed by atoms with Crippen LogP contribution in [0.1, 0.15) is 30.4 Å². The molecule has 0 heterocycles. The smallest absolute Gasteiger partial charge is 0.323 e. The summed E-state index contributed by atoms with van der Waals surface area (Å²) in [7, 11) is 0. The van der Waals surface area contributed by atoms with E-state index in [0.717, 1.165) is 11.1 Å². The zero-order chi connectivity index (χ0) is 19.5. The van der Waals surface area contributed by atoms with Gasteiger partial charge >= 0.3 is 11.9 Å². The summed E-state index contributed by atoms with van der Waals surface area (Å²) in [6.07, 6.45) is 1.32. The van der Waals surface area contributed by atoms with Gasteiger partial charge in [0.15, 0.2) is 0 Å². The van der Waals surface area contributed by atoms with Crippen LogP contribution < -0.4 is 11.5 Å². The van der Waals surface area contributed by atoms with Gasteiger partial charge in [-0.15, -0.1) is 12.4 Å². The second-order valence-corrected chi connectivity index (χ2v) is 6.33. The average molecular weight is 407 g/mol. The fourth-order valence-corrected chi connectivity index (χ4v) is 2.46. The van der Waals surface area contributed by atoms with Crippen molar-refractivity contribution in [2.75, 3.05) is 0 Å². The summed E-state index contributed by atoms with van der Waals surface area (Å²) < 4.78 is 10.4. The molecule has 0 spiro atoms. The number of nitrogens with two attached hydrogens (primary N) is 2. The van der Waals surface area contributed by atoms with Gasteiger partial charge in [-0.25, -0.2) is 0 Å². The minimum atomic E-state index is -0.735. The Balaban J connectivity index is 0.00000392. The lowest BCUT2D eigenvalue weighted by Gasteiger charge is -2.14. The molecule has 0 bridgehead atoms. The molecule has 2 aromatic rings. The second kappa shape index (κ2) is 12.9. The van der Waals surface area contributed by atoms with Gasteiger partial charge in [-0.1, -0.05) is 60.7 Å². The third-order valence-corrected chi connectivity index (χ3v) is 4.08. The van der Waals surface area contributed by atoms with Crippen molar-refractivity contribution in [1.29, 1.82) is 0 Å². The van der Waals surface area contributed by atoms with E-state index in [1.807, 2.05) is 60.7 Å². The molecule has 2 rings (SSSR count). The first-order valence-corrected chi connectivity index (χ1v) is 8.98. The van der Waals surface area contributed by atoms with Crippen molar-refractivity contribution < 1.29 is 19.1 Å². The van der Waals surface area contributed by atoms with Crippen molar-refractivity contribution in [2.45, 2.75) is 44.6 Å². The van der Waals surface area contributed by atoms with Gasteiger partial charge < -0.3 is 20.9 Å². The summed E-state index contributed by atoms with van der Waals surface area (Å²) in [5, 5.41) is 0. The van der Waals surface area contributed by atoms with Gasteiger partial charge in [-0.05, 0) is 30.4 Å². The van der Waals surface area contributed by atoms with Gasteiger partial charge in [0.25, 0.3) is 0 Å². The van der Waals surface area contributed by atoms with E-state index in [2.05, 4.69) is 0 Å². The van der Waals surface area contributed by atoms with Crippen LogP contribution in [0.3, 0.4) is 0 Å². The van der Waals surface area contributed by atoms with E-state index in [4.69, 9.17) is 20.9 Å². The molecule has 152 valence electrons. The topological polar surface area (TPSA) is 105 Å². The third kappa shape index (κ3) is 8.52. The number of benzene rings is 2. The Morgan fingerprint density at radius 1 is 0.714 bits per heavy atom. The lowest BCUT2D eigenvalue weighted by atomic mass is 10.1. The maximum atomic E-state index is 11.9. The fourth-order valence-electron chi connectivity index (χ4n) is 2.46. The zero-order valence-electron chi connectivity index (χ0n) is 15.7. The minimum Gasteiger partial charge on any atom is -0.460 e. The number of rotatable bonds is 10. The number of carbonyl (C=O) groups excluding carboxylic acids is 2. The number of hydrogen-bond acceptors (Lipinski definition) is 6. The maximum absolute atomic E-state index is 11.9. The molecule has 2 atom stereocenters. The molecule has 7 heteroatoms. The molecular weight excluding hydrogens is 380 g/mol. The van der Waals surface area contributed by atoms with Gasteiger partial charge in [0.05, 0.1) is 0 Å². The van der Waals surface area contributed by atoms with E-state index in [9.17, 15) is 9.59 Å². The second-order valence-electron chi connectivity index (χ2n) is 6.33. The van der Waals surface area contributed by atoms with Crippen LogP contribution in [0.4, 0.5) is 0 Å². The summed E-state index contributed by atoms with van der Waals surface area (Å²) in [5.41, 5.74) is 13.5. The molecule has 0 aliphatic heterocycles. The van der Waals surface area contributed by atoms with Crippen molar-refractivity contribution in [1.82, 2.24) is 0 Å². The maximum Gasteiger partial charge on any atom is 0.323 e. The minimum absolute atomic E-state index is 0.